The molecular formula is C20H31Cl2N5O2. The first-order valence-corrected chi connectivity index (χ1v) is 9.79. The van der Waals surface area contributed by atoms with Crippen molar-refractivity contribution in [2.45, 2.75) is 51.5 Å². The van der Waals surface area contributed by atoms with Gasteiger partial charge in [-0.1, -0.05) is 12.1 Å². The molecule has 1 aliphatic heterocycles. The van der Waals surface area contributed by atoms with Crippen LogP contribution in [0.3, 0.4) is 0 Å². The van der Waals surface area contributed by atoms with Gasteiger partial charge in [-0.25, -0.2) is 4.98 Å². The SMILES string of the molecule is Cc1cccc2[nH]c(CCC(=O)N3CCCCC3CNC(=O)CCN)nc12.Cl.Cl. The zero-order valence-electron chi connectivity index (χ0n) is 16.8. The third kappa shape index (κ3) is 6.59. The van der Waals surface area contributed by atoms with Crippen LogP contribution in [0.15, 0.2) is 18.2 Å². The Hall–Kier alpha value is -1.83. The van der Waals surface area contributed by atoms with E-state index in [1.807, 2.05) is 30.0 Å². The second-order valence-corrected chi connectivity index (χ2v) is 7.23. The molecule has 0 spiro atoms. The van der Waals surface area contributed by atoms with Gasteiger partial charge < -0.3 is 20.9 Å². The summed E-state index contributed by atoms with van der Waals surface area (Å²) in [4.78, 5) is 34.3. The number of likely N-dealkylation sites (tertiary alicyclic amines) is 1. The van der Waals surface area contributed by atoms with Crippen LogP contribution in [0.2, 0.25) is 0 Å². The maximum atomic E-state index is 12.8. The fraction of sp³-hybridized carbons (Fsp3) is 0.550. The van der Waals surface area contributed by atoms with Crippen LogP contribution in [0.5, 0.6) is 0 Å². The Labute approximate surface area is 184 Å². The summed E-state index contributed by atoms with van der Waals surface area (Å²) in [6.07, 6.45) is 4.37. The third-order valence-corrected chi connectivity index (χ3v) is 5.19. The van der Waals surface area contributed by atoms with Gasteiger partial charge >= 0.3 is 0 Å². The normalized spacial score (nSPS) is 16.1. The molecule has 1 atom stereocenters. The molecule has 3 rings (SSSR count). The summed E-state index contributed by atoms with van der Waals surface area (Å²) in [7, 11) is 0. The Morgan fingerprint density at radius 3 is 2.79 bits per heavy atom. The predicted molar refractivity (Wildman–Crippen MR) is 120 cm³/mol. The number of hydrogen-bond donors (Lipinski definition) is 3. The second kappa shape index (κ2) is 12.0. The van der Waals surface area contributed by atoms with Crippen molar-refractivity contribution in [3.63, 3.8) is 0 Å². The monoisotopic (exact) mass is 443 g/mol. The number of carbonyl (C=O) groups excluding carboxylic acids is 2. The molecule has 1 aliphatic rings. The maximum absolute atomic E-state index is 12.8. The number of nitrogens with two attached hydrogens (primary N) is 1. The number of carbonyl (C=O) groups is 2. The van der Waals surface area contributed by atoms with Crippen LogP contribution in [0, 0.1) is 6.92 Å². The van der Waals surface area contributed by atoms with E-state index in [1.54, 1.807) is 0 Å². The maximum Gasteiger partial charge on any atom is 0.223 e. The molecule has 2 heterocycles. The lowest BCUT2D eigenvalue weighted by atomic mass is 10.0. The van der Waals surface area contributed by atoms with Crippen LogP contribution in [0.4, 0.5) is 0 Å². The summed E-state index contributed by atoms with van der Waals surface area (Å²) in [5.41, 5.74) is 8.52. The van der Waals surface area contributed by atoms with Gasteiger partial charge in [0.25, 0.3) is 0 Å². The predicted octanol–water partition coefficient (Wildman–Crippen LogP) is 2.49. The molecule has 1 fully saturated rings. The molecule has 1 saturated heterocycles. The summed E-state index contributed by atoms with van der Waals surface area (Å²) in [6, 6.07) is 6.12. The average Bonchev–Trinajstić information content (AvgIpc) is 3.09. The van der Waals surface area contributed by atoms with Crippen LogP contribution in [-0.4, -0.2) is 52.4 Å². The van der Waals surface area contributed by atoms with E-state index in [2.05, 4.69) is 15.3 Å². The molecule has 0 radical (unpaired) electrons. The lowest BCUT2D eigenvalue weighted by molar-refractivity contribution is -0.135. The number of benzene rings is 1. The smallest absolute Gasteiger partial charge is 0.223 e. The fourth-order valence-electron chi connectivity index (χ4n) is 3.71. The highest BCUT2D eigenvalue weighted by Gasteiger charge is 2.26. The van der Waals surface area contributed by atoms with E-state index in [-0.39, 0.29) is 42.7 Å². The molecule has 9 heteroatoms. The average molecular weight is 444 g/mol. The third-order valence-electron chi connectivity index (χ3n) is 5.19. The van der Waals surface area contributed by atoms with E-state index in [1.165, 1.54) is 0 Å². The van der Waals surface area contributed by atoms with Gasteiger partial charge in [0.15, 0.2) is 0 Å². The van der Waals surface area contributed by atoms with E-state index in [9.17, 15) is 9.59 Å². The second-order valence-electron chi connectivity index (χ2n) is 7.23. The van der Waals surface area contributed by atoms with Crippen molar-refractivity contribution in [3.05, 3.63) is 29.6 Å². The van der Waals surface area contributed by atoms with Crippen molar-refractivity contribution in [2.75, 3.05) is 19.6 Å². The highest BCUT2D eigenvalue weighted by molar-refractivity contribution is 5.85. The molecular weight excluding hydrogens is 413 g/mol. The summed E-state index contributed by atoms with van der Waals surface area (Å²) < 4.78 is 0. The number of aromatic amines is 1. The number of rotatable bonds is 7. The standard InChI is InChI=1S/C20H29N5O2.2ClH/c1-14-5-4-7-16-20(14)24-17(23-16)8-9-19(27)25-12-3-2-6-15(25)13-22-18(26)10-11-21;;/h4-5,7,15H,2-3,6,8-13,21H2,1H3,(H,22,26)(H,23,24);2*1H. The first kappa shape index (κ1) is 25.2. The van der Waals surface area contributed by atoms with E-state index in [0.29, 0.717) is 32.4 Å². The minimum atomic E-state index is -0.0480. The first-order valence-electron chi connectivity index (χ1n) is 9.79. The number of amides is 2. The van der Waals surface area contributed by atoms with Gasteiger partial charge in [-0.3, -0.25) is 9.59 Å². The number of nitrogens with zero attached hydrogens (tertiary/aromatic N) is 2. The van der Waals surface area contributed by atoms with Crippen molar-refractivity contribution in [2.24, 2.45) is 5.73 Å². The molecule has 0 saturated carbocycles. The van der Waals surface area contributed by atoms with Crippen LogP contribution in [-0.2, 0) is 16.0 Å². The lowest BCUT2D eigenvalue weighted by Gasteiger charge is -2.36. The van der Waals surface area contributed by atoms with Crippen LogP contribution >= 0.6 is 24.8 Å². The van der Waals surface area contributed by atoms with Crippen LogP contribution in [0.25, 0.3) is 11.0 Å². The molecule has 2 aromatic rings. The highest BCUT2D eigenvalue weighted by Crippen LogP contribution is 2.19. The molecule has 7 nitrogen and oxygen atoms in total. The minimum Gasteiger partial charge on any atom is -0.354 e. The van der Waals surface area contributed by atoms with Crippen molar-refractivity contribution in [3.8, 4) is 0 Å². The number of piperidine rings is 1. The van der Waals surface area contributed by atoms with Gasteiger partial charge in [0.2, 0.25) is 11.8 Å². The Balaban J connectivity index is 0.00000210. The largest absolute Gasteiger partial charge is 0.354 e. The molecule has 0 bridgehead atoms. The summed E-state index contributed by atoms with van der Waals surface area (Å²) in [6.45, 7) is 3.65. The summed E-state index contributed by atoms with van der Waals surface area (Å²) in [5.74, 6) is 0.926. The summed E-state index contributed by atoms with van der Waals surface area (Å²) >= 11 is 0. The van der Waals surface area contributed by atoms with Crippen molar-refractivity contribution < 1.29 is 9.59 Å². The quantitative estimate of drug-likeness (QED) is 0.610. The highest BCUT2D eigenvalue weighted by atomic mass is 35.5. The van der Waals surface area contributed by atoms with Gasteiger partial charge in [0.05, 0.1) is 11.0 Å². The van der Waals surface area contributed by atoms with Gasteiger partial charge in [-0.2, -0.15) is 0 Å². The number of aryl methyl sites for hydroxylation is 2. The lowest BCUT2D eigenvalue weighted by Crippen LogP contribution is -2.49. The molecule has 0 aliphatic carbocycles. The van der Waals surface area contributed by atoms with E-state index >= 15 is 0 Å². The molecule has 1 aromatic heterocycles. The van der Waals surface area contributed by atoms with Gasteiger partial charge in [0, 0.05) is 44.9 Å². The number of aromatic nitrogens is 2. The molecule has 4 N–H and O–H groups in total. The zero-order valence-corrected chi connectivity index (χ0v) is 18.4. The molecule has 162 valence electrons. The Morgan fingerprint density at radius 2 is 2.07 bits per heavy atom. The number of para-hydroxylation sites is 1. The van der Waals surface area contributed by atoms with E-state index in [4.69, 9.17) is 5.73 Å². The van der Waals surface area contributed by atoms with E-state index < -0.39 is 0 Å². The Morgan fingerprint density at radius 1 is 1.28 bits per heavy atom. The Kier molecular flexibility index (Phi) is 10.4. The molecule has 29 heavy (non-hydrogen) atoms. The summed E-state index contributed by atoms with van der Waals surface area (Å²) in [5, 5.41) is 2.90. The van der Waals surface area contributed by atoms with Crippen molar-refractivity contribution in [1.82, 2.24) is 20.2 Å². The molecule has 1 unspecified atom stereocenters. The van der Waals surface area contributed by atoms with Gasteiger partial charge in [-0.15, -0.1) is 24.8 Å². The number of halogens is 2. The number of hydrogen-bond acceptors (Lipinski definition) is 4. The fourth-order valence-corrected chi connectivity index (χ4v) is 3.71. The van der Waals surface area contributed by atoms with Crippen LogP contribution < -0.4 is 11.1 Å². The Bertz CT molecular complexity index is 811. The number of imidazole rings is 1. The molecule has 2 amide bonds. The number of H-pyrrole nitrogens is 1. The van der Waals surface area contributed by atoms with Crippen LogP contribution in [0.1, 0.15) is 43.5 Å². The van der Waals surface area contributed by atoms with Gasteiger partial charge in [0.1, 0.15) is 5.82 Å². The number of nitrogens with one attached hydrogen (secondary N) is 2. The van der Waals surface area contributed by atoms with Crippen molar-refractivity contribution in [1.29, 1.82) is 0 Å². The van der Waals surface area contributed by atoms with Crippen molar-refractivity contribution >= 4 is 47.7 Å². The zero-order chi connectivity index (χ0) is 19.2. The van der Waals surface area contributed by atoms with E-state index in [0.717, 1.165) is 48.2 Å². The topological polar surface area (TPSA) is 104 Å². The molecule has 1 aromatic carbocycles. The van der Waals surface area contributed by atoms with Gasteiger partial charge in [-0.05, 0) is 37.8 Å². The first-order chi connectivity index (χ1) is 13.1. The minimum absolute atomic E-state index is 0. The number of fused-ring (bicyclic) bond motifs is 1.